The molecule has 0 spiro atoms. The van der Waals surface area contributed by atoms with Crippen molar-refractivity contribution < 1.29 is 4.39 Å². The van der Waals surface area contributed by atoms with Gasteiger partial charge in [0.05, 0.1) is 17.7 Å². The van der Waals surface area contributed by atoms with Crippen LogP contribution >= 0.6 is 0 Å². The van der Waals surface area contributed by atoms with Crippen LogP contribution in [0.2, 0.25) is 0 Å². The van der Waals surface area contributed by atoms with E-state index in [1.54, 1.807) is 18.5 Å². The molecule has 0 saturated heterocycles. The van der Waals surface area contributed by atoms with Crippen molar-refractivity contribution in [2.45, 2.75) is 26.3 Å². The minimum absolute atomic E-state index is 0.264. The quantitative estimate of drug-likeness (QED) is 0.635. The van der Waals surface area contributed by atoms with E-state index in [2.05, 4.69) is 32.2 Å². The molecule has 0 amide bonds. The number of anilines is 4. The van der Waals surface area contributed by atoms with E-state index < -0.39 is 0 Å². The van der Waals surface area contributed by atoms with E-state index in [9.17, 15) is 4.39 Å². The molecule has 1 aromatic carbocycles. The van der Waals surface area contributed by atoms with E-state index in [-0.39, 0.29) is 5.82 Å². The highest BCUT2D eigenvalue weighted by Crippen LogP contribution is 2.38. The molecule has 0 atom stereocenters. The van der Waals surface area contributed by atoms with Crippen molar-refractivity contribution in [1.29, 1.82) is 0 Å². The molecule has 0 radical (unpaired) electrons. The van der Waals surface area contributed by atoms with Gasteiger partial charge in [-0.1, -0.05) is 18.7 Å². The highest BCUT2D eigenvalue weighted by molar-refractivity contribution is 5.73. The Labute approximate surface area is 169 Å². The average Bonchev–Trinajstić information content (AvgIpc) is 3.32. The van der Waals surface area contributed by atoms with Gasteiger partial charge in [0.15, 0.2) is 0 Å². The number of nitrogens with one attached hydrogen (secondary N) is 2. The van der Waals surface area contributed by atoms with Crippen molar-refractivity contribution in [2.24, 2.45) is 0 Å². The zero-order valence-electron chi connectivity index (χ0n) is 16.6. The van der Waals surface area contributed by atoms with Crippen LogP contribution in [0, 0.1) is 12.7 Å². The highest BCUT2D eigenvalue weighted by Gasteiger charge is 2.28. The second-order valence-corrected chi connectivity index (χ2v) is 7.03. The van der Waals surface area contributed by atoms with E-state index in [0.29, 0.717) is 24.6 Å². The van der Waals surface area contributed by atoms with Crippen LogP contribution < -0.4 is 15.5 Å². The van der Waals surface area contributed by atoms with Crippen molar-refractivity contribution in [3.63, 3.8) is 0 Å². The number of aromatic nitrogens is 4. The lowest BCUT2D eigenvalue weighted by molar-refractivity contribution is 0.625. The lowest BCUT2D eigenvalue weighted by atomic mass is 10.2. The lowest BCUT2D eigenvalue weighted by Gasteiger charge is -2.20. The summed E-state index contributed by atoms with van der Waals surface area (Å²) in [4.78, 5) is 15.4. The van der Waals surface area contributed by atoms with Gasteiger partial charge in [0.2, 0.25) is 5.95 Å². The van der Waals surface area contributed by atoms with Crippen LogP contribution in [0.25, 0.3) is 0 Å². The summed E-state index contributed by atoms with van der Waals surface area (Å²) in [6.07, 6.45) is 5.26. The summed E-state index contributed by atoms with van der Waals surface area (Å²) < 4.78 is 16.4. The Morgan fingerprint density at radius 2 is 2.10 bits per heavy atom. The summed E-state index contributed by atoms with van der Waals surface area (Å²) in [6, 6.07) is 6.75. The smallest absolute Gasteiger partial charge is 0.230 e. The number of rotatable bonds is 7. The van der Waals surface area contributed by atoms with Gasteiger partial charge in [0.25, 0.3) is 0 Å². The molecule has 0 saturated carbocycles. The van der Waals surface area contributed by atoms with E-state index in [1.165, 1.54) is 6.07 Å². The van der Waals surface area contributed by atoms with Gasteiger partial charge in [-0.3, -0.25) is 0 Å². The molecule has 0 fully saturated rings. The maximum absolute atomic E-state index is 14.4. The number of hydrogen-bond acceptors (Lipinski definition) is 6. The molecular formula is C21H24FN7. The molecule has 0 unspecified atom stereocenters. The number of imidazole rings is 1. The molecule has 3 aromatic rings. The number of allylic oxidation sites excluding steroid dienone is 1. The predicted octanol–water partition coefficient (Wildman–Crippen LogP) is 3.87. The third kappa shape index (κ3) is 3.91. The maximum Gasteiger partial charge on any atom is 0.230 e. The van der Waals surface area contributed by atoms with Crippen LogP contribution in [-0.4, -0.2) is 33.1 Å². The molecule has 8 heteroatoms. The zero-order chi connectivity index (χ0) is 20.4. The fourth-order valence-electron chi connectivity index (χ4n) is 3.50. The van der Waals surface area contributed by atoms with E-state index in [1.807, 2.05) is 35.7 Å². The van der Waals surface area contributed by atoms with E-state index in [4.69, 9.17) is 0 Å². The maximum atomic E-state index is 14.4. The Hall–Kier alpha value is -3.42. The summed E-state index contributed by atoms with van der Waals surface area (Å²) in [5, 5.41) is 6.33. The molecule has 2 aromatic heterocycles. The van der Waals surface area contributed by atoms with Crippen LogP contribution in [0.4, 0.5) is 27.7 Å². The topological polar surface area (TPSA) is 70.9 Å². The van der Waals surface area contributed by atoms with Crippen LogP contribution in [0.5, 0.6) is 0 Å². The average molecular weight is 393 g/mol. The summed E-state index contributed by atoms with van der Waals surface area (Å²) in [5.41, 5.74) is 3.29. The number of hydrogen-bond donors (Lipinski definition) is 2. The third-order valence-corrected chi connectivity index (χ3v) is 4.93. The molecule has 1 aliphatic rings. The first-order valence-electron chi connectivity index (χ1n) is 9.59. The SMILES string of the molecule is C=C(CCn1cnc(C)c1)Nc1nc(NC)c2c(n1)N(c1ccccc1F)CC2. The molecule has 7 nitrogen and oxygen atoms in total. The van der Waals surface area contributed by atoms with E-state index >= 15 is 0 Å². The van der Waals surface area contributed by atoms with Gasteiger partial charge in [-0.15, -0.1) is 0 Å². The molecule has 0 bridgehead atoms. The van der Waals surface area contributed by atoms with Crippen molar-refractivity contribution in [3.05, 3.63) is 66.1 Å². The summed E-state index contributed by atoms with van der Waals surface area (Å²) in [7, 11) is 1.83. The standard InChI is InChI=1S/C21H24FN7/c1-14(8-10-28-12-15(2)24-13-28)25-21-26-19(23-3)16-9-11-29(20(16)27-21)18-7-5-4-6-17(18)22/h4-7,12-13H,1,8-11H2,2-3H3,(H2,23,25,26,27). The third-order valence-electron chi connectivity index (χ3n) is 4.93. The van der Waals surface area contributed by atoms with Crippen LogP contribution in [0.1, 0.15) is 17.7 Å². The largest absolute Gasteiger partial charge is 0.373 e. The van der Waals surface area contributed by atoms with Gasteiger partial charge in [0, 0.05) is 44.0 Å². The van der Waals surface area contributed by atoms with Gasteiger partial charge in [-0.2, -0.15) is 9.97 Å². The minimum Gasteiger partial charge on any atom is -0.373 e. The predicted molar refractivity (Wildman–Crippen MR) is 113 cm³/mol. The Morgan fingerprint density at radius 1 is 1.28 bits per heavy atom. The number of halogens is 1. The first kappa shape index (κ1) is 18.9. The van der Waals surface area contributed by atoms with Crippen molar-refractivity contribution in [2.75, 3.05) is 29.1 Å². The summed E-state index contributed by atoms with van der Waals surface area (Å²) in [6.45, 7) is 7.47. The molecule has 2 N–H and O–H groups in total. The molecule has 0 aliphatic carbocycles. The summed E-state index contributed by atoms with van der Waals surface area (Å²) >= 11 is 0. The van der Waals surface area contributed by atoms with E-state index in [0.717, 1.165) is 41.6 Å². The van der Waals surface area contributed by atoms with Gasteiger partial charge in [-0.25, -0.2) is 9.37 Å². The lowest BCUT2D eigenvalue weighted by Crippen LogP contribution is -2.17. The second-order valence-electron chi connectivity index (χ2n) is 7.03. The molecular weight excluding hydrogens is 369 g/mol. The zero-order valence-corrected chi connectivity index (χ0v) is 16.6. The highest BCUT2D eigenvalue weighted by atomic mass is 19.1. The minimum atomic E-state index is -0.264. The van der Waals surface area contributed by atoms with Crippen LogP contribution in [0.3, 0.4) is 0 Å². The van der Waals surface area contributed by atoms with Gasteiger partial charge in [0.1, 0.15) is 17.5 Å². The number of nitrogens with zero attached hydrogens (tertiary/aromatic N) is 5. The van der Waals surface area contributed by atoms with Crippen molar-refractivity contribution in [3.8, 4) is 0 Å². The monoisotopic (exact) mass is 393 g/mol. The first-order chi connectivity index (χ1) is 14.0. The first-order valence-corrected chi connectivity index (χ1v) is 9.59. The number of aryl methyl sites for hydroxylation is 2. The Balaban J connectivity index is 1.55. The molecule has 1 aliphatic heterocycles. The molecule has 150 valence electrons. The Morgan fingerprint density at radius 3 is 2.83 bits per heavy atom. The van der Waals surface area contributed by atoms with Crippen LogP contribution in [-0.2, 0) is 13.0 Å². The van der Waals surface area contributed by atoms with Crippen molar-refractivity contribution in [1.82, 2.24) is 19.5 Å². The Bertz CT molecular complexity index is 1040. The Kier molecular flexibility index (Phi) is 5.16. The fraction of sp³-hybridized carbons (Fsp3) is 0.286. The van der Waals surface area contributed by atoms with Crippen molar-refractivity contribution >= 4 is 23.3 Å². The van der Waals surface area contributed by atoms with Gasteiger partial charge < -0.3 is 20.1 Å². The number of fused-ring (bicyclic) bond motifs is 1. The van der Waals surface area contributed by atoms with Gasteiger partial charge in [-0.05, 0) is 25.5 Å². The number of para-hydroxylation sites is 1. The molecule has 29 heavy (non-hydrogen) atoms. The number of benzene rings is 1. The summed E-state index contributed by atoms with van der Waals surface area (Å²) in [5.74, 6) is 1.65. The van der Waals surface area contributed by atoms with Gasteiger partial charge >= 0.3 is 0 Å². The normalized spacial score (nSPS) is 12.7. The molecule has 3 heterocycles. The van der Waals surface area contributed by atoms with Crippen LogP contribution in [0.15, 0.2) is 49.1 Å². The fourth-order valence-corrected chi connectivity index (χ4v) is 3.50. The molecule has 4 rings (SSSR count). The second kappa shape index (κ2) is 7.90.